The molecule has 3 N–H and O–H groups in total. The van der Waals surface area contributed by atoms with Crippen LogP contribution in [0.3, 0.4) is 0 Å². The van der Waals surface area contributed by atoms with Crippen LogP contribution >= 0.6 is 0 Å². The topological polar surface area (TPSA) is 75.8 Å². The van der Waals surface area contributed by atoms with Crippen LogP contribution in [0, 0.1) is 0 Å². The molecule has 0 spiro atoms. The van der Waals surface area contributed by atoms with Crippen LogP contribution in [0.4, 0.5) is 11.4 Å². The van der Waals surface area contributed by atoms with E-state index in [0.29, 0.717) is 36.0 Å². The zero-order valence-electron chi connectivity index (χ0n) is 15.1. The fourth-order valence-corrected chi connectivity index (χ4v) is 2.91. The van der Waals surface area contributed by atoms with Gasteiger partial charge in [-0.25, -0.2) is 0 Å². The highest BCUT2D eigenvalue weighted by Gasteiger charge is 2.30. The Bertz CT molecular complexity index is 826. The molecular weight excluding hydrogens is 328 g/mol. The Morgan fingerprint density at radius 2 is 1.92 bits per heavy atom. The minimum atomic E-state index is -0.232. The second-order valence-corrected chi connectivity index (χ2v) is 6.69. The maximum atomic E-state index is 12.9. The average Bonchev–Trinajstić information content (AvgIpc) is 2.63. The van der Waals surface area contributed by atoms with Crippen molar-refractivity contribution in [3.63, 3.8) is 0 Å². The van der Waals surface area contributed by atoms with Crippen molar-refractivity contribution in [2.45, 2.75) is 26.2 Å². The first-order chi connectivity index (χ1) is 12.5. The number of nitrogens with two attached hydrogens (primary N) is 1. The van der Waals surface area contributed by atoms with E-state index in [1.165, 1.54) is 5.56 Å². The highest BCUT2D eigenvalue weighted by atomic mass is 16.5. The Morgan fingerprint density at radius 3 is 2.58 bits per heavy atom. The molecule has 0 fully saturated rings. The van der Waals surface area contributed by atoms with Crippen LogP contribution in [0.1, 0.15) is 37.3 Å². The number of rotatable bonds is 5. The van der Waals surface area contributed by atoms with Crippen molar-refractivity contribution >= 4 is 23.4 Å². The first kappa shape index (κ1) is 18.0. The second kappa shape index (κ2) is 7.62. The van der Waals surface area contributed by atoms with Gasteiger partial charge in [-0.15, -0.1) is 0 Å². The number of nitrogens with zero attached hydrogens (tertiary/aromatic N) is 1. The van der Waals surface area contributed by atoms with Crippen LogP contribution < -0.4 is 15.4 Å². The molecule has 5 heteroatoms. The quantitative estimate of drug-likeness (QED) is 0.637. The number of ether oxygens (including phenoxy) is 1. The van der Waals surface area contributed by atoms with E-state index in [0.717, 1.165) is 5.56 Å². The van der Waals surface area contributed by atoms with E-state index in [2.05, 4.69) is 26.0 Å². The molecule has 0 unspecified atom stereocenters. The summed E-state index contributed by atoms with van der Waals surface area (Å²) in [5.41, 5.74) is 9.20. The van der Waals surface area contributed by atoms with Gasteiger partial charge in [0.2, 0.25) is 0 Å². The molecule has 3 rings (SSSR count). The predicted molar refractivity (Wildman–Crippen MR) is 104 cm³/mol. The number of aliphatic hydroxyl groups is 1. The van der Waals surface area contributed by atoms with Gasteiger partial charge < -0.3 is 20.5 Å². The van der Waals surface area contributed by atoms with Crippen LogP contribution in [0.5, 0.6) is 5.75 Å². The number of hydrogen-bond acceptors (Lipinski definition) is 4. The summed E-state index contributed by atoms with van der Waals surface area (Å²) in [6.07, 6.45) is 2.23. The Kier molecular flexibility index (Phi) is 5.28. The highest BCUT2D eigenvalue weighted by molar-refractivity contribution is 6.10. The van der Waals surface area contributed by atoms with Crippen LogP contribution in [0.25, 0.3) is 6.08 Å². The van der Waals surface area contributed by atoms with Crippen molar-refractivity contribution in [2.24, 2.45) is 0 Å². The van der Waals surface area contributed by atoms with E-state index >= 15 is 0 Å². The Labute approximate surface area is 153 Å². The number of carbonyl (C=O) groups is 1. The van der Waals surface area contributed by atoms with Gasteiger partial charge in [0.1, 0.15) is 0 Å². The van der Waals surface area contributed by atoms with Gasteiger partial charge in [-0.05, 0) is 47.7 Å². The van der Waals surface area contributed by atoms with E-state index in [-0.39, 0.29) is 18.3 Å². The Morgan fingerprint density at radius 1 is 1.19 bits per heavy atom. The molecule has 0 aromatic heterocycles. The predicted octanol–water partition coefficient (Wildman–Crippen LogP) is 3.54. The normalized spacial score (nSPS) is 15.3. The SMILES string of the molecule is CC(C)c1ccc(/C=C2/Oc3ccc(N)cc3N(CCCO)C2=O)cc1. The summed E-state index contributed by atoms with van der Waals surface area (Å²) in [5.74, 6) is 1.07. The molecule has 1 amide bonds. The fraction of sp³-hybridized carbons (Fsp3) is 0.286. The molecule has 2 aromatic rings. The van der Waals surface area contributed by atoms with Gasteiger partial charge in [0, 0.05) is 18.8 Å². The van der Waals surface area contributed by atoms with Gasteiger partial charge in [0.25, 0.3) is 5.91 Å². The molecule has 1 heterocycles. The molecule has 0 atom stereocenters. The van der Waals surface area contributed by atoms with Crippen molar-refractivity contribution < 1.29 is 14.6 Å². The van der Waals surface area contributed by atoms with E-state index in [1.54, 1.807) is 29.2 Å². The number of nitrogen functional groups attached to an aromatic ring is 1. The molecule has 1 aliphatic heterocycles. The zero-order chi connectivity index (χ0) is 18.7. The lowest BCUT2D eigenvalue weighted by Crippen LogP contribution is -2.38. The van der Waals surface area contributed by atoms with Crippen LogP contribution in [-0.4, -0.2) is 24.2 Å². The molecule has 0 aliphatic carbocycles. The molecule has 1 aliphatic rings. The lowest BCUT2D eigenvalue weighted by atomic mass is 10.0. The lowest BCUT2D eigenvalue weighted by Gasteiger charge is -2.30. The molecule has 2 aromatic carbocycles. The van der Waals surface area contributed by atoms with Crippen LogP contribution in [0.2, 0.25) is 0 Å². The van der Waals surface area contributed by atoms with Gasteiger partial charge in [0.05, 0.1) is 5.69 Å². The number of carbonyl (C=O) groups excluding carboxylic acids is 1. The second-order valence-electron chi connectivity index (χ2n) is 6.69. The molecule has 26 heavy (non-hydrogen) atoms. The maximum absolute atomic E-state index is 12.9. The summed E-state index contributed by atoms with van der Waals surface area (Å²) in [6, 6.07) is 13.3. The molecule has 0 saturated carbocycles. The standard InChI is InChI=1S/C21H24N2O3/c1-14(2)16-6-4-15(5-7-16)12-20-21(25)23(10-3-11-24)18-13-17(22)8-9-19(18)26-20/h4-9,12-14,24H,3,10-11,22H2,1-2H3/b20-12+. The van der Waals surface area contributed by atoms with E-state index in [9.17, 15) is 4.79 Å². The summed E-state index contributed by atoms with van der Waals surface area (Å²) < 4.78 is 5.84. The van der Waals surface area contributed by atoms with Crippen molar-refractivity contribution in [3.8, 4) is 5.75 Å². The van der Waals surface area contributed by atoms with E-state index in [4.69, 9.17) is 15.6 Å². The van der Waals surface area contributed by atoms with Gasteiger partial charge >= 0.3 is 0 Å². The number of aliphatic hydroxyl groups excluding tert-OH is 1. The summed E-state index contributed by atoms with van der Waals surface area (Å²) in [4.78, 5) is 14.5. The van der Waals surface area contributed by atoms with E-state index in [1.807, 2.05) is 12.1 Å². The number of fused-ring (bicyclic) bond motifs is 1. The largest absolute Gasteiger partial charge is 0.449 e. The Balaban J connectivity index is 1.95. The minimum absolute atomic E-state index is 0.0119. The summed E-state index contributed by atoms with van der Waals surface area (Å²) in [6.45, 7) is 4.70. The van der Waals surface area contributed by atoms with Crippen LogP contribution in [-0.2, 0) is 4.79 Å². The zero-order valence-corrected chi connectivity index (χ0v) is 15.1. The molecule has 5 nitrogen and oxygen atoms in total. The van der Waals surface area contributed by atoms with Crippen molar-refractivity contribution in [1.82, 2.24) is 0 Å². The van der Waals surface area contributed by atoms with E-state index < -0.39 is 0 Å². The molecule has 136 valence electrons. The molecule has 0 radical (unpaired) electrons. The number of hydrogen-bond donors (Lipinski definition) is 2. The van der Waals surface area contributed by atoms with Gasteiger partial charge in [-0.3, -0.25) is 4.79 Å². The van der Waals surface area contributed by atoms with Gasteiger partial charge in [0.15, 0.2) is 11.5 Å². The van der Waals surface area contributed by atoms with Crippen molar-refractivity contribution in [3.05, 3.63) is 59.4 Å². The molecule has 0 bridgehead atoms. The summed E-state index contributed by atoms with van der Waals surface area (Å²) in [7, 11) is 0. The van der Waals surface area contributed by atoms with Gasteiger partial charge in [-0.1, -0.05) is 38.1 Å². The fourth-order valence-electron chi connectivity index (χ4n) is 2.91. The number of benzene rings is 2. The minimum Gasteiger partial charge on any atom is -0.449 e. The first-order valence-electron chi connectivity index (χ1n) is 8.81. The smallest absolute Gasteiger partial charge is 0.294 e. The van der Waals surface area contributed by atoms with Crippen molar-refractivity contribution in [1.29, 1.82) is 0 Å². The average molecular weight is 352 g/mol. The number of amides is 1. The Hall–Kier alpha value is -2.79. The molecule has 0 saturated heterocycles. The molecular formula is C21H24N2O3. The third-order valence-corrected chi connectivity index (χ3v) is 4.39. The summed E-state index contributed by atoms with van der Waals surface area (Å²) >= 11 is 0. The summed E-state index contributed by atoms with van der Waals surface area (Å²) in [5, 5.41) is 9.15. The third kappa shape index (κ3) is 3.73. The number of anilines is 2. The monoisotopic (exact) mass is 352 g/mol. The first-order valence-corrected chi connectivity index (χ1v) is 8.81. The lowest BCUT2D eigenvalue weighted by molar-refractivity contribution is -0.117. The third-order valence-electron chi connectivity index (χ3n) is 4.39. The van der Waals surface area contributed by atoms with Gasteiger partial charge in [-0.2, -0.15) is 0 Å². The van der Waals surface area contributed by atoms with Crippen molar-refractivity contribution in [2.75, 3.05) is 23.8 Å². The van der Waals surface area contributed by atoms with Crippen LogP contribution in [0.15, 0.2) is 48.2 Å². The maximum Gasteiger partial charge on any atom is 0.294 e. The highest BCUT2D eigenvalue weighted by Crippen LogP contribution is 2.37.